The minimum absolute atomic E-state index is 0. The standard InChI is InChI=1S/C11H12.C9H12.C6H9N.2CH4/c1-2-9-7-8-10-5-3-4-6-11(9)10;1-3-9-6-4-8(2)5-7-9;1-2-6-4-3-5-7-6;;/h3-7H,2,8H2,1H3;4-7H,3H2,1-2H3;4-5H,2-3H2,1H3;2*1H4. The molecule has 0 saturated heterocycles. The van der Waals surface area contributed by atoms with Crippen LogP contribution in [0.15, 0.2) is 71.4 Å². The third-order valence-electron chi connectivity index (χ3n) is 4.92. The van der Waals surface area contributed by atoms with Gasteiger partial charge in [0.25, 0.3) is 0 Å². The van der Waals surface area contributed by atoms with E-state index in [0.717, 1.165) is 32.1 Å². The zero-order chi connectivity index (χ0) is 19.5. The number of hydrogen-bond acceptors (Lipinski definition) is 1. The summed E-state index contributed by atoms with van der Waals surface area (Å²) in [6.07, 6.45) is 12.0. The van der Waals surface area contributed by atoms with E-state index in [-0.39, 0.29) is 14.9 Å². The normalized spacial score (nSPS) is 12.7. The lowest BCUT2D eigenvalue weighted by Gasteiger charge is -2.00. The first kappa shape index (κ1) is 26.6. The van der Waals surface area contributed by atoms with Gasteiger partial charge in [-0.05, 0) is 54.9 Å². The van der Waals surface area contributed by atoms with Crippen LogP contribution in [0.2, 0.25) is 0 Å². The molecule has 158 valence electrons. The summed E-state index contributed by atoms with van der Waals surface area (Å²) in [6.45, 7) is 8.62. The van der Waals surface area contributed by atoms with E-state index in [1.165, 1.54) is 33.5 Å². The van der Waals surface area contributed by atoms with Gasteiger partial charge >= 0.3 is 0 Å². The van der Waals surface area contributed by atoms with Crippen molar-refractivity contribution in [3.8, 4) is 0 Å². The van der Waals surface area contributed by atoms with E-state index < -0.39 is 0 Å². The quantitative estimate of drug-likeness (QED) is 0.496. The molecule has 1 aliphatic carbocycles. The van der Waals surface area contributed by atoms with E-state index in [9.17, 15) is 0 Å². The third kappa shape index (κ3) is 8.64. The molecule has 2 aromatic rings. The van der Waals surface area contributed by atoms with Crippen molar-refractivity contribution in [3.63, 3.8) is 0 Å². The molecule has 0 spiro atoms. The van der Waals surface area contributed by atoms with Crippen molar-refractivity contribution in [2.45, 2.75) is 74.7 Å². The highest BCUT2D eigenvalue weighted by Crippen LogP contribution is 2.28. The molecule has 0 atom stereocenters. The van der Waals surface area contributed by atoms with E-state index in [0.29, 0.717) is 0 Å². The Bertz CT molecular complexity index is 791. The zero-order valence-electron chi connectivity index (χ0n) is 17.3. The predicted octanol–water partition coefficient (Wildman–Crippen LogP) is 8.62. The van der Waals surface area contributed by atoms with Gasteiger partial charge in [-0.2, -0.15) is 0 Å². The van der Waals surface area contributed by atoms with Crippen LogP contribution < -0.4 is 0 Å². The Morgan fingerprint density at radius 1 is 0.793 bits per heavy atom. The Morgan fingerprint density at radius 3 is 2.00 bits per heavy atom. The molecule has 4 rings (SSSR count). The average Bonchev–Trinajstić information content (AvgIpc) is 3.39. The molecule has 1 nitrogen and oxygen atoms in total. The van der Waals surface area contributed by atoms with Crippen molar-refractivity contribution >= 4 is 11.8 Å². The number of rotatable bonds is 3. The molecule has 0 saturated carbocycles. The van der Waals surface area contributed by atoms with Crippen LogP contribution in [0.5, 0.6) is 0 Å². The van der Waals surface area contributed by atoms with E-state index in [4.69, 9.17) is 0 Å². The zero-order valence-corrected chi connectivity index (χ0v) is 17.3. The molecule has 0 unspecified atom stereocenters. The van der Waals surface area contributed by atoms with Crippen molar-refractivity contribution in [1.29, 1.82) is 0 Å². The second kappa shape index (κ2) is 14.6. The highest BCUT2D eigenvalue weighted by molar-refractivity contribution is 5.72. The minimum atomic E-state index is 0. The van der Waals surface area contributed by atoms with Crippen molar-refractivity contribution in [3.05, 3.63) is 88.6 Å². The summed E-state index contributed by atoms with van der Waals surface area (Å²) in [6, 6.07) is 17.3. The molecule has 1 aliphatic heterocycles. The number of fused-ring (bicyclic) bond motifs is 1. The van der Waals surface area contributed by atoms with Crippen molar-refractivity contribution in [2.24, 2.45) is 4.99 Å². The van der Waals surface area contributed by atoms with Gasteiger partial charge in [0, 0.05) is 18.3 Å². The van der Waals surface area contributed by atoms with Crippen LogP contribution in [0, 0.1) is 6.92 Å². The maximum Gasteiger partial charge on any atom is 0.0360 e. The maximum absolute atomic E-state index is 4.09. The fourth-order valence-corrected chi connectivity index (χ4v) is 3.16. The fourth-order valence-electron chi connectivity index (χ4n) is 3.16. The second-order valence-corrected chi connectivity index (χ2v) is 6.88. The van der Waals surface area contributed by atoms with Crippen molar-refractivity contribution in [2.75, 3.05) is 0 Å². The van der Waals surface area contributed by atoms with Gasteiger partial charge in [-0.25, -0.2) is 0 Å². The summed E-state index contributed by atoms with van der Waals surface area (Å²) in [7, 11) is 0. The molecule has 2 aliphatic rings. The van der Waals surface area contributed by atoms with Gasteiger partial charge in [-0.15, -0.1) is 0 Å². The SMILES string of the molecule is C.C.CCC1=CCC=N1.CCC1=CCc2ccccc21.CCc1ccc(C)cc1. The topological polar surface area (TPSA) is 12.4 Å². The highest BCUT2D eigenvalue weighted by Gasteiger charge is 2.09. The Hall–Kier alpha value is -2.41. The van der Waals surface area contributed by atoms with Crippen LogP contribution in [0.25, 0.3) is 5.57 Å². The number of aryl methyl sites for hydroxylation is 2. The summed E-state index contributed by atoms with van der Waals surface area (Å²) < 4.78 is 0. The first-order valence-corrected chi connectivity index (χ1v) is 10.2. The van der Waals surface area contributed by atoms with Gasteiger partial charge in [0.2, 0.25) is 0 Å². The second-order valence-electron chi connectivity index (χ2n) is 6.88. The molecule has 1 heterocycles. The van der Waals surface area contributed by atoms with Crippen LogP contribution in [-0.4, -0.2) is 6.21 Å². The van der Waals surface area contributed by atoms with Crippen molar-refractivity contribution in [1.82, 2.24) is 0 Å². The van der Waals surface area contributed by atoms with Gasteiger partial charge in [0.05, 0.1) is 0 Å². The molecule has 0 N–H and O–H groups in total. The van der Waals surface area contributed by atoms with Gasteiger partial charge in [0.1, 0.15) is 0 Å². The predicted molar refractivity (Wildman–Crippen MR) is 134 cm³/mol. The molecule has 2 aromatic carbocycles. The monoisotopic (exact) mass is 391 g/mol. The van der Waals surface area contributed by atoms with E-state index in [2.05, 4.69) is 93.4 Å². The van der Waals surface area contributed by atoms with Crippen molar-refractivity contribution < 1.29 is 0 Å². The Balaban J connectivity index is 0.000000402. The fraction of sp³-hybridized carbons (Fsp3) is 0.393. The number of allylic oxidation sites excluding steroid dienone is 4. The van der Waals surface area contributed by atoms with Gasteiger partial charge in [-0.1, -0.05) is 102 Å². The molecule has 0 fully saturated rings. The summed E-state index contributed by atoms with van der Waals surface area (Å²) >= 11 is 0. The third-order valence-corrected chi connectivity index (χ3v) is 4.92. The van der Waals surface area contributed by atoms with Crippen LogP contribution in [0.3, 0.4) is 0 Å². The lowest BCUT2D eigenvalue weighted by Crippen LogP contribution is -1.81. The van der Waals surface area contributed by atoms with Crippen LogP contribution in [0.4, 0.5) is 0 Å². The van der Waals surface area contributed by atoms with Crippen LogP contribution in [0.1, 0.15) is 77.1 Å². The largest absolute Gasteiger partial charge is 0.266 e. The first-order chi connectivity index (χ1) is 13.2. The molecule has 1 heteroatoms. The van der Waals surface area contributed by atoms with E-state index in [1.54, 1.807) is 0 Å². The molecule has 0 aromatic heterocycles. The Labute approximate surface area is 180 Å². The van der Waals surface area contributed by atoms with Crippen LogP contribution in [-0.2, 0) is 12.8 Å². The first-order valence-electron chi connectivity index (χ1n) is 10.2. The molecular formula is C28H41N. The van der Waals surface area contributed by atoms with Gasteiger partial charge in [-0.3, -0.25) is 4.99 Å². The molecule has 0 bridgehead atoms. The highest BCUT2D eigenvalue weighted by atomic mass is 14.7. The molecule has 0 radical (unpaired) electrons. The lowest BCUT2D eigenvalue weighted by molar-refractivity contribution is 1.08. The summed E-state index contributed by atoms with van der Waals surface area (Å²) in [5, 5.41) is 0. The summed E-state index contributed by atoms with van der Waals surface area (Å²) in [4.78, 5) is 4.09. The lowest BCUT2D eigenvalue weighted by atomic mass is 10.0. The number of benzene rings is 2. The molecule has 0 amide bonds. The number of aliphatic imine (C=N–C) groups is 1. The summed E-state index contributed by atoms with van der Waals surface area (Å²) in [5.74, 6) is 0. The smallest absolute Gasteiger partial charge is 0.0360 e. The van der Waals surface area contributed by atoms with E-state index in [1.807, 2.05) is 6.21 Å². The Kier molecular flexibility index (Phi) is 13.4. The maximum atomic E-state index is 4.09. The van der Waals surface area contributed by atoms with Crippen LogP contribution >= 0.6 is 0 Å². The number of hydrogen-bond donors (Lipinski definition) is 0. The molecule has 29 heavy (non-hydrogen) atoms. The average molecular weight is 392 g/mol. The number of nitrogens with zero attached hydrogens (tertiary/aromatic N) is 1. The summed E-state index contributed by atoms with van der Waals surface area (Å²) in [5.41, 5.74) is 8.47. The van der Waals surface area contributed by atoms with Gasteiger partial charge < -0.3 is 0 Å². The molecular weight excluding hydrogens is 350 g/mol. The van der Waals surface area contributed by atoms with Gasteiger partial charge in [0.15, 0.2) is 0 Å². The Morgan fingerprint density at radius 2 is 1.48 bits per heavy atom. The minimum Gasteiger partial charge on any atom is -0.266 e. The van der Waals surface area contributed by atoms with E-state index >= 15 is 0 Å².